The van der Waals surface area contributed by atoms with Crippen LogP contribution in [0.4, 0.5) is 0 Å². The number of methoxy groups -OCH3 is 1. The maximum absolute atomic E-state index is 6.48. The Morgan fingerprint density at radius 3 is 2.71 bits per heavy atom. The van der Waals surface area contributed by atoms with Crippen LogP contribution in [0.25, 0.3) is 11.4 Å². The molecule has 0 aliphatic heterocycles. The van der Waals surface area contributed by atoms with Crippen LogP contribution in [0, 0.1) is 5.92 Å². The fourth-order valence-corrected chi connectivity index (χ4v) is 2.86. The van der Waals surface area contributed by atoms with Gasteiger partial charge in [0.2, 0.25) is 11.7 Å². The summed E-state index contributed by atoms with van der Waals surface area (Å²) in [6.45, 7) is 2.26. The molecule has 3 rings (SSSR count). The number of hydrogen-bond donors (Lipinski definition) is 1. The Morgan fingerprint density at radius 1 is 1.29 bits per heavy atom. The van der Waals surface area contributed by atoms with Crippen molar-refractivity contribution in [1.29, 1.82) is 0 Å². The summed E-state index contributed by atoms with van der Waals surface area (Å²) >= 11 is 0. The van der Waals surface area contributed by atoms with Crippen molar-refractivity contribution < 1.29 is 9.26 Å². The Balaban J connectivity index is 1.90. The highest BCUT2D eigenvalue weighted by Crippen LogP contribution is 2.37. The van der Waals surface area contributed by atoms with Crippen molar-refractivity contribution >= 4 is 0 Å². The van der Waals surface area contributed by atoms with Crippen molar-refractivity contribution in [2.24, 2.45) is 11.7 Å². The van der Waals surface area contributed by atoms with Gasteiger partial charge >= 0.3 is 0 Å². The zero-order chi connectivity index (χ0) is 14.9. The number of nitrogens with zero attached hydrogens (tertiary/aromatic N) is 2. The van der Waals surface area contributed by atoms with Crippen LogP contribution in [0.2, 0.25) is 0 Å². The fraction of sp³-hybridized carbons (Fsp3) is 0.500. The van der Waals surface area contributed by atoms with Gasteiger partial charge < -0.3 is 15.0 Å². The second-order valence-corrected chi connectivity index (χ2v) is 5.96. The predicted octanol–water partition coefficient (Wildman–Crippen LogP) is 3.11. The van der Waals surface area contributed by atoms with Crippen molar-refractivity contribution in [1.82, 2.24) is 10.1 Å². The minimum absolute atomic E-state index is 0.486. The van der Waals surface area contributed by atoms with Crippen LogP contribution < -0.4 is 10.5 Å². The van der Waals surface area contributed by atoms with Gasteiger partial charge in [-0.05, 0) is 43.7 Å². The first-order chi connectivity index (χ1) is 10.1. The Kier molecular flexibility index (Phi) is 3.68. The molecule has 0 bridgehead atoms. The van der Waals surface area contributed by atoms with Crippen LogP contribution in [-0.2, 0) is 5.54 Å². The quantitative estimate of drug-likeness (QED) is 0.938. The monoisotopic (exact) mass is 287 g/mol. The average molecular weight is 287 g/mol. The summed E-state index contributed by atoms with van der Waals surface area (Å²) < 4.78 is 10.8. The summed E-state index contributed by atoms with van der Waals surface area (Å²) in [6, 6.07) is 7.64. The molecular formula is C16H21N3O2. The van der Waals surface area contributed by atoms with Gasteiger partial charge in [0.05, 0.1) is 18.2 Å². The standard InChI is InChI=1S/C16H21N3O2/c1-11-7-9-16(17,10-8-11)15-18-14(19-21-15)12-5-3-4-6-13(12)20-2/h3-6,11H,7-10,17H2,1-2H3. The van der Waals surface area contributed by atoms with E-state index in [2.05, 4.69) is 17.1 Å². The zero-order valence-electron chi connectivity index (χ0n) is 12.5. The third kappa shape index (κ3) is 2.65. The molecule has 5 heteroatoms. The van der Waals surface area contributed by atoms with E-state index in [0.29, 0.717) is 11.7 Å². The van der Waals surface area contributed by atoms with Gasteiger partial charge in [0.1, 0.15) is 5.75 Å². The molecule has 0 unspecified atom stereocenters. The van der Waals surface area contributed by atoms with Crippen LogP contribution in [0.1, 0.15) is 38.5 Å². The molecular weight excluding hydrogens is 266 g/mol. The first-order valence-corrected chi connectivity index (χ1v) is 7.39. The van der Waals surface area contributed by atoms with E-state index >= 15 is 0 Å². The molecule has 112 valence electrons. The van der Waals surface area contributed by atoms with Crippen LogP contribution in [0.3, 0.4) is 0 Å². The second kappa shape index (κ2) is 5.48. The predicted molar refractivity (Wildman–Crippen MR) is 79.8 cm³/mol. The fourth-order valence-electron chi connectivity index (χ4n) is 2.86. The number of hydrogen-bond acceptors (Lipinski definition) is 5. The Labute approximate surface area is 124 Å². The third-order valence-electron chi connectivity index (χ3n) is 4.37. The van der Waals surface area contributed by atoms with E-state index in [1.54, 1.807) is 7.11 Å². The molecule has 21 heavy (non-hydrogen) atoms. The molecule has 1 aromatic carbocycles. The highest BCUT2D eigenvalue weighted by molar-refractivity contribution is 5.63. The van der Waals surface area contributed by atoms with Gasteiger partial charge in [-0.2, -0.15) is 4.98 Å². The molecule has 0 amide bonds. The van der Waals surface area contributed by atoms with E-state index in [1.165, 1.54) is 0 Å². The van der Waals surface area contributed by atoms with E-state index in [4.69, 9.17) is 15.0 Å². The lowest BCUT2D eigenvalue weighted by atomic mass is 9.78. The second-order valence-electron chi connectivity index (χ2n) is 5.96. The number of aromatic nitrogens is 2. The van der Waals surface area contributed by atoms with Gasteiger partial charge in [0, 0.05) is 0 Å². The van der Waals surface area contributed by atoms with Gasteiger partial charge in [-0.3, -0.25) is 0 Å². The van der Waals surface area contributed by atoms with Crippen molar-refractivity contribution in [3.05, 3.63) is 30.2 Å². The molecule has 0 spiro atoms. The van der Waals surface area contributed by atoms with Gasteiger partial charge in [-0.1, -0.05) is 24.2 Å². The molecule has 2 N–H and O–H groups in total. The molecule has 1 fully saturated rings. The molecule has 2 aromatic rings. The van der Waals surface area contributed by atoms with Gasteiger partial charge in [0.25, 0.3) is 0 Å². The SMILES string of the molecule is COc1ccccc1-c1noc(C2(N)CCC(C)CC2)n1. The summed E-state index contributed by atoms with van der Waals surface area (Å²) in [7, 11) is 1.63. The number of nitrogens with two attached hydrogens (primary N) is 1. The maximum atomic E-state index is 6.48. The third-order valence-corrected chi connectivity index (χ3v) is 4.37. The first-order valence-electron chi connectivity index (χ1n) is 7.39. The minimum Gasteiger partial charge on any atom is -0.496 e. The summed E-state index contributed by atoms with van der Waals surface area (Å²) in [5, 5.41) is 4.09. The molecule has 5 nitrogen and oxygen atoms in total. The van der Waals surface area contributed by atoms with Crippen LogP contribution in [0.15, 0.2) is 28.8 Å². The van der Waals surface area contributed by atoms with E-state index in [-0.39, 0.29) is 0 Å². The molecule has 0 radical (unpaired) electrons. The lowest BCUT2D eigenvalue weighted by Crippen LogP contribution is -2.40. The highest BCUT2D eigenvalue weighted by atomic mass is 16.5. The van der Waals surface area contributed by atoms with Crippen molar-refractivity contribution in [3.8, 4) is 17.1 Å². The molecule has 1 saturated carbocycles. The van der Waals surface area contributed by atoms with Crippen LogP contribution in [0.5, 0.6) is 5.75 Å². The number of rotatable bonds is 3. The molecule has 1 heterocycles. The zero-order valence-corrected chi connectivity index (χ0v) is 12.5. The van der Waals surface area contributed by atoms with E-state index in [0.717, 1.165) is 42.9 Å². The van der Waals surface area contributed by atoms with E-state index in [1.807, 2.05) is 24.3 Å². The Hall–Kier alpha value is -1.88. The van der Waals surface area contributed by atoms with Gasteiger partial charge in [-0.25, -0.2) is 0 Å². The minimum atomic E-state index is -0.486. The lowest BCUT2D eigenvalue weighted by molar-refractivity contribution is 0.190. The molecule has 1 aromatic heterocycles. The molecule has 1 aliphatic rings. The summed E-state index contributed by atoms with van der Waals surface area (Å²) in [5.41, 5.74) is 6.81. The average Bonchev–Trinajstić information content (AvgIpc) is 3.01. The molecule has 0 saturated heterocycles. The smallest absolute Gasteiger partial charge is 0.247 e. The summed E-state index contributed by atoms with van der Waals surface area (Å²) in [4.78, 5) is 4.53. The van der Waals surface area contributed by atoms with E-state index in [9.17, 15) is 0 Å². The van der Waals surface area contributed by atoms with Crippen molar-refractivity contribution in [2.75, 3.05) is 7.11 Å². The summed E-state index contributed by atoms with van der Waals surface area (Å²) in [6.07, 6.45) is 3.98. The van der Waals surface area contributed by atoms with Crippen LogP contribution >= 0.6 is 0 Å². The largest absolute Gasteiger partial charge is 0.496 e. The first kappa shape index (κ1) is 14.1. The van der Waals surface area contributed by atoms with Crippen molar-refractivity contribution in [3.63, 3.8) is 0 Å². The van der Waals surface area contributed by atoms with E-state index < -0.39 is 5.54 Å². The summed E-state index contributed by atoms with van der Waals surface area (Å²) in [5.74, 6) is 2.52. The highest BCUT2D eigenvalue weighted by Gasteiger charge is 2.37. The van der Waals surface area contributed by atoms with Gasteiger partial charge in [0.15, 0.2) is 0 Å². The topological polar surface area (TPSA) is 74.2 Å². The number of benzene rings is 1. The van der Waals surface area contributed by atoms with Crippen molar-refractivity contribution in [2.45, 2.75) is 38.1 Å². The van der Waals surface area contributed by atoms with Crippen LogP contribution in [-0.4, -0.2) is 17.3 Å². The number of para-hydroxylation sites is 1. The lowest BCUT2D eigenvalue weighted by Gasteiger charge is -2.32. The number of ether oxygens (including phenoxy) is 1. The normalized spacial score (nSPS) is 25.8. The molecule has 0 atom stereocenters. The van der Waals surface area contributed by atoms with Gasteiger partial charge in [-0.15, -0.1) is 0 Å². The Bertz CT molecular complexity index is 615. The maximum Gasteiger partial charge on any atom is 0.247 e. The Morgan fingerprint density at radius 2 is 2.00 bits per heavy atom. The molecule has 1 aliphatic carbocycles.